The van der Waals surface area contributed by atoms with Crippen LogP contribution in [-0.4, -0.2) is 12.4 Å². The van der Waals surface area contributed by atoms with Gasteiger partial charge in [0.2, 0.25) is 0 Å². The highest BCUT2D eigenvalue weighted by Gasteiger charge is 2.04. The van der Waals surface area contributed by atoms with Crippen LogP contribution < -0.4 is 10.5 Å². The highest BCUT2D eigenvalue weighted by Crippen LogP contribution is 2.22. The first-order valence-electron chi connectivity index (χ1n) is 6.18. The molecule has 2 N–H and O–H groups in total. The number of rotatable bonds is 6. The second-order valence-electron chi connectivity index (χ2n) is 4.12. The van der Waals surface area contributed by atoms with Gasteiger partial charge in [0.1, 0.15) is 17.4 Å². The summed E-state index contributed by atoms with van der Waals surface area (Å²) < 4.78 is 31.9. The molecule has 0 spiro atoms. The average Bonchev–Trinajstić information content (AvgIpc) is 2.47. The lowest BCUT2D eigenvalue weighted by Crippen LogP contribution is -2.01. The van der Waals surface area contributed by atoms with Crippen LogP contribution in [0.2, 0.25) is 0 Å². The number of hydrogen-bond donors (Lipinski definition) is 1. The van der Waals surface area contributed by atoms with E-state index < -0.39 is 11.6 Å². The number of ether oxygens (including phenoxy) is 1. The van der Waals surface area contributed by atoms with Crippen LogP contribution in [0, 0.1) is 11.6 Å². The monoisotopic (exact) mass is 295 g/mol. The minimum atomic E-state index is -0.438. The summed E-state index contributed by atoms with van der Waals surface area (Å²) in [5.41, 5.74) is 6.54. The van der Waals surface area contributed by atoms with E-state index in [-0.39, 0.29) is 0 Å². The molecule has 0 amide bonds. The Hall–Kier alpha value is -1.59. The molecule has 0 saturated heterocycles. The van der Waals surface area contributed by atoms with E-state index in [1.807, 2.05) is 24.3 Å². The Bertz CT molecular complexity index is 560. The van der Waals surface area contributed by atoms with E-state index in [4.69, 9.17) is 10.5 Å². The van der Waals surface area contributed by atoms with Gasteiger partial charge in [-0.05, 0) is 35.9 Å². The molecule has 0 saturated carbocycles. The average molecular weight is 295 g/mol. The standard InChI is InChI=1S/C15H15F2NOS/c16-12-3-6-14(17)15(9-12)20-8-7-19-13-4-1-11(10-18)2-5-13/h1-6,9H,7-8,10,18H2. The quantitative estimate of drug-likeness (QED) is 0.653. The third-order valence-electron chi connectivity index (χ3n) is 2.66. The van der Waals surface area contributed by atoms with Crippen LogP contribution in [-0.2, 0) is 6.54 Å². The molecule has 0 aliphatic heterocycles. The Kier molecular flexibility index (Phi) is 5.38. The van der Waals surface area contributed by atoms with Crippen LogP contribution in [0.15, 0.2) is 47.4 Å². The molecule has 2 aromatic rings. The molecule has 0 aliphatic carbocycles. The summed E-state index contributed by atoms with van der Waals surface area (Å²) >= 11 is 1.23. The third kappa shape index (κ3) is 4.21. The second-order valence-corrected chi connectivity index (χ2v) is 5.26. The number of benzene rings is 2. The Morgan fingerprint density at radius 2 is 1.80 bits per heavy atom. The van der Waals surface area contributed by atoms with Crippen molar-refractivity contribution in [2.24, 2.45) is 5.73 Å². The fourth-order valence-electron chi connectivity index (χ4n) is 1.62. The summed E-state index contributed by atoms with van der Waals surface area (Å²) in [7, 11) is 0. The van der Waals surface area contributed by atoms with Crippen molar-refractivity contribution in [2.45, 2.75) is 11.4 Å². The number of nitrogens with two attached hydrogens (primary N) is 1. The van der Waals surface area contributed by atoms with Gasteiger partial charge in [-0.1, -0.05) is 12.1 Å². The van der Waals surface area contributed by atoms with Gasteiger partial charge in [-0.2, -0.15) is 0 Å². The molecule has 2 rings (SSSR count). The molecule has 20 heavy (non-hydrogen) atoms. The molecule has 0 radical (unpaired) electrons. The fourth-order valence-corrected chi connectivity index (χ4v) is 2.41. The van der Waals surface area contributed by atoms with Crippen LogP contribution in [0.5, 0.6) is 5.75 Å². The molecule has 2 aromatic carbocycles. The number of halogens is 2. The molecule has 0 bridgehead atoms. The van der Waals surface area contributed by atoms with Gasteiger partial charge in [-0.25, -0.2) is 8.78 Å². The minimum absolute atomic E-state index is 0.298. The Balaban J connectivity index is 1.79. The Labute approximate surface area is 120 Å². The summed E-state index contributed by atoms with van der Waals surface area (Å²) in [6.07, 6.45) is 0. The lowest BCUT2D eigenvalue weighted by molar-refractivity contribution is 0.344. The number of hydrogen-bond acceptors (Lipinski definition) is 3. The first-order chi connectivity index (χ1) is 9.69. The summed E-state index contributed by atoms with van der Waals surface area (Å²) in [5, 5.41) is 0. The van der Waals surface area contributed by atoms with Gasteiger partial charge in [0.15, 0.2) is 0 Å². The SMILES string of the molecule is NCc1ccc(OCCSc2cc(F)ccc2F)cc1. The second kappa shape index (κ2) is 7.26. The minimum Gasteiger partial charge on any atom is -0.493 e. The van der Waals surface area contributed by atoms with Crippen LogP contribution in [0.3, 0.4) is 0 Å². The Morgan fingerprint density at radius 1 is 1.05 bits per heavy atom. The van der Waals surface area contributed by atoms with Gasteiger partial charge in [-0.3, -0.25) is 0 Å². The molecule has 5 heteroatoms. The molecule has 0 aromatic heterocycles. The van der Waals surface area contributed by atoms with E-state index >= 15 is 0 Å². The van der Waals surface area contributed by atoms with Gasteiger partial charge in [0.25, 0.3) is 0 Å². The molecule has 0 heterocycles. The zero-order chi connectivity index (χ0) is 14.4. The molecule has 0 unspecified atom stereocenters. The van der Waals surface area contributed by atoms with Gasteiger partial charge < -0.3 is 10.5 Å². The van der Waals surface area contributed by atoms with Crippen molar-refractivity contribution >= 4 is 11.8 Å². The molecule has 0 atom stereocenters. The molecule has 106 valence electrons. The lowest BCUT2D eigenvalue weighted by Gasteiger charge is -2.07. The van der Waals surface area contributed by atoms with Crippen molar-refractivity contribution in [1.29, 1.82) is 0 Å². The first-order valence-corrected chi connectivity index (χ1v) is 7.17. The maximum absolute atomic E-state index is 13.4. The first kappa shape index (κ1) is 14.8. The van der Waals surface area contributed by atoms with Crippen molar-refractivity contribution in [2.75, 3.05) is 12.4 Å². The van der Waals surface area contributed by atoms with Crippen LogP contribution in [0.1, 0.15) is 5.56 Å². The maximum atomic E-state index is 13.4. The molecular weight excluding hydrogens is 280 g/mol. The predicted octanol–water partition coefficient (Wildman–Crippen LogP) is 3.59. The summed E-state index contributed by atoms with van der Waals surface area (Å²) in [6, 6.07) is 10.9. The van der Waals surface area contributed by atoms with Crippen molar-refractivity contribution in [3.8, 4) is 5.75 Å². The highest BCUT2D eigenvalue weighted by molar-refractivity contribution is 7.99. The van der Waals surface area contributed by atoms with Gasteiger partial charge in [0, 0.05) is 17.2 Å². The highest BCUT2D eigenvalue weighted by atomic mass is 32.2. The summed E-state index contributed by atoms with van der Waals surface area (Å²) in [6.45, 7) is 0.914. The topological polar surface area (TPSA) is 35.2 Å². The van der Waals surface area contributed by atoms with Crippen molar-refractivity contribution in [3.63, 3.8) is 0 Å². The third-order valence-corrected chi connectivity index (χ3v) is 3.66. The largest absolute Gasteiger partial charge is 0.493 e. The molecular formula is C15H15F2NOS. The molecule has 2 nitrogen and oxygen atoms in total. The fraction of sp³-hybridized carbons (Fsp3) is 0.200. The van der Waals surface area contributed by atoms with Crippen molar-refractivity contribution in [3.05, 3.63) is 59.7 Å². The summed E-state index contributed by atoms with van der Waals surface area (Å²) in [5.74, 6) is 0.428. The lowest BCUT2D eigenvalue weighted by atomic mass is 10.2. The van der Waals surface area contributed by atoms with E-state index in [2.05, 4.69) is 0 Å². The van der Waals surface area contributed by atoms with Crippen LogP contribution in [0.4, 0.5) is 8.78 Å². The van der Waals surface area contributed by atoms with Crippen molar-refractivity contribution < 1.29 is 13.5 Å². The Morgan fingerprint density at radius 3 is 2.50 bits per heavy atom. The zero-order valence-electron chi connectivity index (χ0n) is 10.8. The normalized spacial score (nSPS) is 10.6. The van der Waals surface area contributed by atoms with Gasteiger partial charge in [-0.15, -0.1) is 11.8 Å². The number of thioether (sulfide) groups is 1. The maximum Gasteiger partial charge on any atom is 0.136 e. The van der Waals surface area contributed by atoms with Gasteiger partial charge in [0.05, 0.1) is 6.61 Å². The van der Waals surface area contributed by atoms with Crippen LogP contribution in [0.25, 0.3) is 0 Å². The van der Waals surface area contributed by atoms with E-state index in [9.17, 15) is 8.78 Å². The molecule has 0 aliphatic rings. The molecule has 0 fully saturated rings. The van der Waals surface area contributed by atoms with E-state index in [1.54, 1.807) is 0 Å². The predicted molar refractivity (Wildman–Crippen MR) is 76.9 cm³/mol. The summed E-state index contributed by atoms with van der Waals surface area (Å²) in [4.78, 5) is 0.298. The van der Waals surface area contributed by atoms with E-state index in [0.29, 0.717) is 23.8 Å². The van der Waals surface area contributed by atoms with Crippen LogP contribution >= 0.6 is 11.8 Å². The van der Waals surface area contributed by atoms with E-state index in [0.717, 1.165) is 23.4 Å². The van der Waals surface area contributed by atoms with Gasteiger partial charge >= 0.3 is 0 Å². The van der Waals surface area contributed by atoms with E-state index in [1.165, 1.54) is 17.8 Å². The zero-order valence-corrected chi connectivity index (χ0v) is 11.6. The smallest absolute Gasteiger partial charge is 0.136 e. The van der Waals surface area contributed by atoms with Crippen molar-refractivity contribution in [1.82, 2.24) is 0 Å².